The van der Waals surface area contributed by atoms with Crippen molar-refractivity contribution in [2.75, 3.05) is 16.6 Å². The maximum absolute atomic E-state index is 12.3. The summed E-state index contributed by atoms with van der Waals surface area (Å²) >= 11 is 0. The summed E-state index contributed by atoms with van der Waals surface area (Å²) in [5, 5.41) is 3.24. The van der Waals surface area contributed by atoms with Crippen LogP contribution in [0.15, 0.2) is 47.5 Å². The molecule has 124 valence electrons. The highest BCUT2D eigenvalue weighted by atomic mass is 32.2. The summed E-state index contributed by atoms with van der Waals surface area (Å²) in [5.41, 5.74) is 1.98. The molecular weight excluding hydrogens is 310 g/mol. The van der Waals surface area contributed by atoms with Gasteiger partial charge in [-0.05, 0) is 42.7 Å². The first kappa shape index (κ1) is 17.3. The summed E-state index contributed by atoms with van der Waals surface area (Å²) in [5.74, 6) is 0.311. The van der Waals surface area contributed by atoms with Crippen LogP contribution in [0.4, 0.5) is 11.5 Å². The number of nitrogens with one attached hydrogen (secondary N) is 2. The minimum atomic E-state index is -3.60. The largest absolute Gasteiger partial charge is 0.384 e. The summed E-state index contributed by atoms with van der Waals surface area (Å²) < 4.78 is 27.2. The van der Waals surface area contributed by atoms with Crippen molar-refractivity contribution in [2.24, 2.45) is 0 Å². The summed E-state index contributed by atoms with van der Waals surface area (Å²) in [6, 6.07) is 10.3. The zero-order valence-corrected chi connectivity index (χ0v) is 14.4. The number of unbranched alkanes of at least 4 members (excludes halogenated alkanes) is 1. The second-order valence-corrected chi connectivity index (χ2v) is 7.00. The Morgan fingerprint density at radius 3 is 2.35 bits per heavy atom. The molecule has 23 heavy (non-hydrogen) atoms. The van der Waals surface area contributed by atoms with Crippen LogP contribution >= 0.6 is 0 Å². The maximum atomic E-state index is 12.3. The van der Waals surface area contributed by atoms with Gasteiger partial charge in [0.05, 0.1) is 16.8 Å². The Labute approximate surface area is 138 Å². The number of hydrogen-bond acceptors (Lipinski definition) is 4. The number of nitrogens with zero attached hydrogens (tertiary/aromatic N) is 1. The number of hydrogen-bond donors (Lipinski definition) is 2. The molecule has 0 aliphatic carbocycles. The van der Waals surface area contributed by atoms with E-state index in [0.717, 1.165) is 37.1 Å². The topological polar surface area (TPSA) is 71.1 Å². The molecule has 0 bridgehead atoms. The third-order valence-electron chi connectivity index (χ3n) is 3.50. The van der Waals surface area contributed by atoms with Gasteiger partial charge in [-0.1, -0.05) is 32.4 Å². The zero-order chi connectivity index (χ0) is 16.7. The predicted molar refractivity (Wildman–Crippen MR) is 94.3 cm³/mol. The van der Waals surface area contributed by atoms with Crippen LogP contribution in [-0.4, -0.2) is 19.9 Å². The van der Waals surface area contributed by atoms with Crippen LogP contribution in [0, 0.1) is 0 Å². The first-order valence-corrected chi connectivity index (χ1v) is 9.35. The Bertz CT molecular complexity index is 711. The first-order valence-electron chi connectivity index (χ1n) is 7.87. The standard InChI is InChI=1S/C17H23N3O2S/c1-3-5-12-18-15-8-11-17(19-13-15)20-23(21,22)16-9-6-14(4-2)7-10-16/h6-11,13,18H,3-5,12H2,1-2H3,(H,19,20). The number of aryl methyl sites for hydroxylation is 1. The lowest BCUT2D eigenvalue weighted by molar-refractivity contribution is 0.601. The highest BCUT2D eigenvalue weighted by molar-refractivity contribution is 7.92. The molecule has 2 N–H and O–H groups in total. The van der Waals surface area contributed by atoms with Crippen molar-refractivity contribution in [1.29, 1.82) is 0 Å². The first-order chi connectivity index (χ1) is 11.0. The fraction of sp³-hybridized carbons (Fsp3) is 0.353. The third-order valence-corrected chi connectivity index (χ3v) is 4.87. The second kappa shape index (κ2) is 7.97. The van der Waals surface area contributed by atoms with Crippen molar-refractivity contribution in [3.63, 3.8) is 0 Å². The molecule has 0 aliphatic heterocycles. The van der Waals surface area contributed by atoms with Gasteiger partial charge in [-0.25, -0.2) is 13.4 Å². The molecule has 0 fully saturated rings. The Morgan fingerprint density at radius 2 is 1.78 bits per heavy atom. The lowest BCUT2D eigenvalue weighted by Gasteiger charge is -2.09. The average Bonchev–Trinajstić information content (AvgIpc) is 2.56. The van der Waals surface area contributed by atoms with Gasteiger partial charge in [0.1, 0.15) is 5.82 Å². The van der Waals surface area contributed by atoms with Gasteiger partial charge < -0.3 is 5.32 Å². The van der Waals surface area contributed by atoms with E-state index in [1.807, 2.05) is 25.1 Å². The molecule has 0 spiro atoms. The quantitative estimate of drug-likeness (QED) is 0.723. The molecule has 0 atom stereocenters. The molecular formula is C17H23N3O2S. The normalized spacial score (nSPS) is 11.2. The lowest BCUT2D eigenvalue weighted by atomic mass is 10.2. The van der Waals surface area contributed by atoms with Gasteiger partial charge in [-0.15, -0.1) is 0 Å². The van der Waals surface area contributed by atoms with Gasteiger partial charge in [0.15, 0.2) is 0 Å². The van der Waals surface area contributed by atoms with E-state index in [1.165, 1.54) is 0 Å². The van der Waals surface area contributed by atoms with Crippen LogP contribution in [0.5, 0.6) is 0 Å². The van der Waals surface area contributed by atoms with E-state index in [-0.39, 0.29) is 4.90 Å². The van der Waals surface area contributed by atoms with Crippen molar-refractivity contribution in [3.05, 3.63) is 48.2 Å². The van der Waals surface area contributed by atoms with Gasteiger partial charge >= 0.3 is 0 Å². The Hall–Kier alpha value is -2.08. The minimum Gasteiger partial charge on any atom is -0.384 e. The van der Waals surface area contributed by atoms with E-state index in [0.29, 0.717) is 5.82 Å². The van der Waals surface area contributed by atoms with E-state index in [4.69, 9.17) is 0 Å². The fourth-order valence-corrected chi connectivity index (χ4v) is 3.08. The summed E-state index contributed by atoms with van der Waals surface area (Å²) in [7, 11) is -3.60. The zero-order valence-electron chi connectivity index (χ0n) is 13.5. The van der Waals surface area contributed by atoms with E-state index in [2.05, 4.69) is 21.9 Å². The molecule has 1 aromatic carbocycles. The van der Waals surface area contributed by atoms with Crippen molar-refractivity contribution < 1.29 is 8.42 Å². The summed E-state index contributed by atoms with van der Waals surface area (Å²) in [6.07, 6.45) is 4.72. The second-order valence-electron chi connectivity index (χ2n) is 5.32. The molecule has 0 saturated heterocycles. The molecule has 6 heteroatoms. The van der Waals surface area contributed by atoms with Crippen LogP contribution in [-0.2, 0) is 16.4 Å². The number of sulfonamides is 1. The van der Waals surface area contributed by atoms with Gasteiger partial charge in [0.25, 0.3) is 10.0 Å². The van der Waals surface area contributed by atoms with Crippen LogP contribution in [0.25, 0.3) is 0 Å². The summed E-state index contributed by atoms with van der Waals surface area (Å²) in [6.45, 7) is 5.04. The third kappa shape index (κ3) is 4.96. The molecule has 1 heterocycles. The summed E-state index contributed by atoms with van der Waals surface area (Å²) in [4.78, 5) is 4.39. The highest BCUT2D eigenvalue weighted by Crippen LogP contribution is 2.16. The van der Waals surface area contributed by atoms with Crippen LogP contribution in [0.2, 0.25) is 0 Å². The van der Waals surface area contributed by atoms with E-state index >= 15 is 0 Å². The fourth-order valence-electron chi connectivity index (χ4n) is 2.07. The number of pyridine rings is 1. The van der Waals surface area contributed by atoms with Crippen molar-refractivity contribution in [2.45, 2.75) is 38.0 Å². The predicted octanol–water partition coefficient (Wildman–Crippen LogP) is 3.66. The highest BCUT2D eigenvalue weighted by Gasteiger charge is 2.14. The van der Waals surface area contributed by atoms with E-state index in [9.17, 15) is 8.42 Å². The van der Waals surface area contributed by atoms with Crippen LogP contribution in [0.1, 0.15) is 32.3 Å². The van der Waals surface area contributed by atoms with Crippen molar-refractivity contribution in [1.82, 2.24) is 4.98 Å². The smallest absolute Gasteiger partial charge is 0.263 e. The van der Waals surface area contributed by atoms with Gasteiger partial charge in [0.2, 0.25) is 0 Å². The maximum Gasteiger partial charge on any atom is 0.263 e. The monoisotopic (exact) mass is 333 g/mol. The Morgan fingerprint density at radius 1 is 1.04 bits per heavy atom. The molecule has 1 aromatic heterocycles. The Balaban J connectivity index is 2.04. The number of benzene rings is 1. The molecule has 0 aliphatic rings. The Kier molecular flexibility index (Phi) is 5.98. The minimum absolute atomic E-state index is 0.238. The van der Waals surface area contributed by atoms with E-state index < -0.39 is 10.0 Å². The number of aromatic nitrogens is 1. The molecule has 0 amide bonds. The molecule has 0 radical (unpaired) electrons. The number of anilines is 2. The molecule has 2 rings (SSSR count). The lowest BCUT2D eigenvalue weighted by Crippen LogP contribution is -2.14. The molecule has 2 aromatic rings. The SMILES string of the molecule is CCCCNc1ccc(NS(=O)(=O)c2ccc(CC)cc2)nc1. The van der Waals surface area contributed by atoms with Gasteiger partial charge in [-0.2, -0.15) is 0 Å². The van der Waals surface area contributed by atoms with E-state index in [1.54, 1.807) is 24.4 Å². The van der Waals surface area contributed by atoms with Gasteiger partial charge in [-0.3, -0.25) is 4.72 Å². The molecule has 5 nitrogen and oxygen atoms in total. The van der Waals surface area contributed by atoms with Crippen molar-refractivity contribution in [3.8, 4) is 0 Å². The van der Waals surface area contributed by atoms with Crippen molar-refractivity contribution >= 4 is 21.5 Å². The van der Waals surface area contributed by atoms with Gasteiger partial charge in [0, 0.05) is 6.54 Å². The van der Waals surface area contributed by atoms with Crippen LogP contribution < -0.4 is 10.0 Å². The average molecular weight is 333 g/mol. The van der Waals surface area contributed by atoms with Crippen LogP contribution in [0.3, 0.4) is 0 Å². The molecule has 0 unspecified atom stereocenters. The molecule has 0 saturated carbocycles. The number of rotatable bonds is 8.